The van der Waals surface area contributed by atoms with E-state index in [1.807, 2.05) is 6.07 Å². The van der Waals surface area contributed by atoms with E-state index in [2.05, 4.69) is 36.6 Å². The number of anilines is 1. The molecule has 2 aromatic carbocycles. The summed E-state index contributed by atoms with van der Waals surface area (Å²) in [6, 6.07) is 13.0. The van der Waals surface area contributed by atoms with Crippen LogP contribution in [0.4, 0.5) is 5.69 Å². The Morgan fingerprint density at radius 3 is 2.20 bits per heavy atom. The van der Waals surface area contributed by atoms with E-state index in [0.717, 1.165) is 4.47 Å². The van der Waals surface area contributed by atoms with Crippen molar-refractivity contribution in [3.63, 3.8) is 0 Å². The maximum atomic E-state index is 12.2. The zero-order chi connectivity index (χ0) is 14.8. The summed E-state index contributed by atoms with van der Waals surface area (Å²) in [6.07, 6.45) is 0. The van der Waals surface area contributed by atoms with Gasteiger partial charge in [-0.3, -0.25) is 4.72 Å². The van der Waals surface area contributed by atoms with Crippen LogP contribution in [0.15, 0.2) is 56.3 Å². The van der Waals surface area contributed by atoms with E-state index in [9.17, 15) is 8.42 Å². The highest BCUT2D eigenvalue weighted by Gasteiger charge is 2.16. The Morgan fingerprint density at radius 2 is 1.60 bits per heavy atom. The summed E-state index contributed by atoms with van der Waals surface area (Å²) in [5.74, 6) is 0. The third-order valence-electron chi connectivity index (χ3n) is 2.47. The van der Waals surface area contributed by atoms with Gasteiger partial charge in [0.15, 0.2) is 0 Å². The van der Waals surface area contributed by atoms with Crippen LogP contribution >= 0.6 is 31.9 Å². The lowest BCUT2D eigenvalue weighted by Gasteiger charge is -2.10. The average molecular weight is 416 g/mol. The largest absolute Gasteiger partial charge is 0.278 e. The van der Waals surface area contributed by atoms with Crippen LogP contribution in [0.1, 0.15) is 5.56 Å². The van der Waals surface area contributed by atoms with Crippen molar-refractivity contribution in [2.24, 2.45) is 0 Å². The molecule has 0 amide bonds. The second-order valence-electron chi connectivity index (χ2n) is 3.86. The molecule has 1 N–H and O–H groups in total. The fourth-order valence-corrected chi connectivity index (χ4v) is 3.21. The van der Waals surface area contributed by atoms with Crippen molar-refractivity contribution in [1.29, 1.82) is 5.26 Å². The molecule has 20 heavy (non-hydrogen) atoms. The van der Waals surface area contributed by atoms with Crippen LogP contribution in [0.5, 0.6) is 0 Å². The number of halogens is 2. The van der Waals surface area contributed by atoms with Gasteiger partial charge in [0, 0.05) is 8.95 Å². The molecule has 0 aliphatic rings. The number of nitrogens with one attached hydrogen (secondary N) is 1. The number of nitrogens with zero attached hydrogens (tertiary/aromatic N) is 1. The Morgan fingerprint density at radius 1 is 1.00 bits per heavy atom. The number of nitriles is 1. The van der Waals surface area contributed by atoms with Gasteiger partial charge in [0.25, 0.3) is 10.0 Å². The van der Waals surface area contributed by atoms with Crippen molar-refractivity contribution in [2.75, 3.05) is 4.72 Å². The molecule has 4 nitrogen and oxygen atoms in total. The molecule has 2 aromatic rings. The standard InChI is InChI=1S/C13H8Br2N2O2S/c14-10-3-5-12(6-4-10)20(18,19)17-13-7-11(15)2-1-9(13)8-16/h1-7,17H. The lowest BCUT2D eigenvalue weighted by atomic mass is 10.2. The Bertz CT molecular complexity index is 781. The molecule has 0 aliphatic heterocycles. The summed E-state index contributed by atoms with van der Waals surface area (Å²) >= 11 is 6.50. The van der Waals surface area contributed by atoms with E-state index in [1.54, 1.807) is 30.3 Å². The molecular weight excluding hydrogens is 408 g/mol. The lowest BCUT2D eigenvalue weighted by molar-refractivity contribution is 0.601. The van der Waals surface area contributed by atoms with Gasteiger partial charge in [-0.15, -0.1) is 0 Å². The molecule has 102 valence electrons. The summed E-state index contributed by atoms with van der Waals surface area (Å²) in [7, 11) is -3.72. The molecule has 0 unspecified atom stereocenters. The van der Waals surface area contributed by atoms with E-state index >= 15 is 0 Å². The van der Waals surface area contributed by atoms with Crippen LogP contribution in [0.2, 0.25) is 0 Å². The first-order valence-corrected chi connectivity index (χ1v) is 8.47. The summed E-state index contributed by atoms with van der Waals surface area (Å²) < 4.78 is 28.4. The molecule has 7 heteroatoms. The van der Waals surface area contributed by atoms with Gasteiger partial charge in [-0.25, -0.2) is 8.42 Å². The van der Waals surface area contributed by atoms with Crippen LogP contribution in [0.25, 0.3) is 0 Å². The van der Waals surface area contributed by atoms with Crippen LogP contribution < -0.4 is 4.72 Å². The van der Waals surface area contributed by atoms with E-state index < -0.39 is 10.0 Å². The molecule has 0 aliphatic carbocycles. The minimum Gasteiger partial charge on any atom is -0.278 e. The third kappa shape index (κ3) is 3.39. The zero-order valence-electron chi connectivity index (χ0n) is 9.97. The lowest BCUT2D eigenvalue weighted by Crippen LogP contribution is -2.13. The van der Waals surface area contributed by atoms with Crippen molar-refractivity contribution < 1.29 is 8.42 Å². The van der Waals surface area contributed by atoms with Crippen LogP contribution in [-0.4, -0.2) is 8.42 Å². The van der Waals surface area contributed by atoms with Gasteiger partial charge in [-0.1, -0.05) is 31.9 Å². The second-order valence-corrected chi connectivity index (χ2v) is 7.37. The monoisotopic (exact) mass is 414 g/mol. The molecule has 2 rings (SSSR count). The van der Waals surface area contributed by atoms with E-state index in [-0.39, 0.29) is 16.1 Å². The van der Waals surface area contributed by atoms with Crippen LogP contribution in [0, 0.1) is 11.3 Å². The van der Waals surface area contributed by atoms with Crippen LogP contribution in [-0.2, 0) is 10.0 Å². The van der Waals surface area contributed by atoms with Gasteiger partial charge in [0.1, 0.15) is 6.07 Å². The minimum atomic E-state index is -3.72. The van der Waals surface area contributed by atoms with Crippen molar-refractivity contribution >= 4 is 47.6 Å². The van der Waals surface area contributed by atoms with Gasteiger partial charge in [-0.2, -0.15) is 5.26 Å². The molecule has 0 saturated heterocycles. The second kappa shape index (κ2) is 5.95. The fourth-order valence-electron chi connectivity index (χ4n) is 1.52. The Hall–Kier alpha value is -1.36. The average Bonchev–Trinajstić information content (AvgIpc) is 2.39. The Kier molecular flexibility index (Phi) is 4.48. The van der Waals surface area contributed by atoms with Gasteiger partial charge in [0.2, 0.25) is 0 Å². The third-order valence-corrected chi connectivity index (χ3v) is 4.87. The summed E-state index contributed by atoms with van der Waals surface area (Å²) in [5, 5.41) is 9.01. The number of benzene rings is 2. The number of hydrogen-bond acceptors (Lipinski definition) is 3. The van der Waals surface area contributed by atoms with Crippen molar-refractivity contribution in [3.8, 4) is 6.07 Å². The SMILES string of the molecule is N#Cc1ccc(Br)cc1NS(=O)(=O)c1ccc(Br)cc1. The van der Waals surface area contributed by atoms with Gasteiger partial charge in [-0.05, 0) is 42.5 Å². The smallest absolute Gasteiger partial charge is 0.261 e. The molecule has 0 bridgehead atoms. The predicted octanol–water partition coefficient (Wildman–Crippen LogP) is 3.88. The van der Waals surface area contributed by atoms with Gasteiger partial charge < -0.3 is 0 Å². The Labute approximate surface area is 133 Å². The summed E-state index contributed by atoms with van der Waals surface area (Å²) in [4.78, 5) is 0.129. The number of hydrogen-bond donors (Lipinski definition) is 1. The molecule has 0 atom stereocenters. The highest BCUT2D eigenvalue weighted by molar-refractivity contribution is 9.10. The molecule has 0 fully saturated rings. The van der Waals surface area contributed by atoms with Crippen molar-refractivity contribution in [2.45, 2.75) is 4.90 Å². The maximum Gasteiger partial charge on any atom is 0.261 e. The van der Waals surface area contributed by atoms with E-state index in [4.69, 9.17) is 5.26 Å². The normalized spacial score (nSPS) is 10.8. The minimum absolute atomic E-state index is 0.129. The Balaban J connectivity index is 2.41. The van der Waals surface area contributed by atoms with E-state index in [0.29, 0.717) is 4.47 Å². The number of rotatable bonds is 3. The van der Waals surface area contributed by atoms with Gasteiger partial charge >= 0.3 is 0 Å². The van der Waals surface area contributed by atoms with Crippen molar-refractivity contribution in [3.05, 3.63) is 57.0 Å². The summed E-state index contributed by atoms with van der Waals surface area (Å²) in [5.41, 5.74) is 0.499. The maximum absolute atomic E-state index is 12.2. The molecule has 0 radical (unpaired) electrons. The topological polar surface area (TPSA) is 70.0 Å². The fraction of sp³-hybridized carbons (Fsp3) is 0. The quantitative estimate of drug-likeness (QED) is 0.826. The molecule has 0 saturated carbocycles. The predicted molar refractivity (Wildman–Crippen MR) is 83.8 cm³/mol. The van der Waals surface area contributed by atoms with Crippen molar-refractivity contribution in [1.82, 2.24) is 0 Å². The van der Waals surface area contributed by atoms with Gasteiger partial charge in [0.05, 0.1) is 16.1 Å². The first-order valence-electron chi connectivity index (χ1n) is 5.40. The van der Waals surface area contributed by atoms with E-state index in [1.165, 1.54) is 12.1 Å². The molecule has 0 aromatic heterocycles. The number of sulfonamides is 1. The highest BCUT2D eigenvalue weighted by atomic mass is 79.9. The molecule has 0 spiro atoms. The molecule has 0 heterocycles. The molecular formula is C13H8Br2N2O2S. The summed E-state index contributed by atoms with van der Waals surface area (Å²) in [6.45, 7) is 0. The zero-order valence-corrected chi connectivity index (χ0v) is 14.0. The first-order chi connectivity index (χ1) is 9.42. The van der Waals surface area contributed by atoms with Crippen LogP contribution in [0.3, 0.4) is 0 Å². The first kappa shape index (κ1) is 15.0. The highest BCUT2D eigenvalue weighted by Crippen LogP contribution is 2.24.